The third-order valence-electron chi connectivity index (χ3n) is 4.59. The van der Waals surface area contributed by atoms with Crippen LogP contribution in [0, 0.1) is 5.82 Å². The molecule has 118 valence electrons. The molecule has 1 fully saturated rings. The fourth-order valence-corrected chi connectivity index (χ4v) is 3.35. The lowest BCUT2D eigenvalue weighted by Gasteiger charge is -2.26. The molecule has 0 bridgehead atoms. The molecule has 1 N–H and O–H groups in total. The Morgan fingerprint density at radius 2 is 2.05 bits per heavy atom. The van der Waals surface area contributed by atoms with Crippen LogP contribution in [0.1, 0.15) is 57.6 Å². The number of benzene rings is 1. The molecule has 1 saturated heterocycles. The second-order valence-electron chi connectivity index (χ2n) is 6.09. The minimum atomic E-state index is -0.154. The molecule has 0 aliphatic carbocycles. The van der Waals surface area contributed by atoms with E-state index in [4.69, 9.17) is 0 Å². The Kier molecular flexibility index (Phi) is 6.65. The number of hydrogen-bond donors (Lipinski definition) is 1. The van der Waals surface area contributed by atoms with E-state index in [1.807, 2.05) is 12.1 Å². The summed E-state index contributed by atoms with van der Waals surface area (Å²) in [6, 6.07) is 8.09. The first kappa shape index (κ1) is 16.4. The van der Waals surface area contributed by atoms with E-state index in [-0.39, 0.29) is 5.82 Å². The van der Waals surface area contributed by atoms with E-state index in [1.165, 1.54) is 31.4 Å². The maximum absolute atomic E-state index is 13.1. The summed E-state index contributed by atoms with van der Waals surface area (Å²) in [6.45, 7) is 7.86. The number of nitrogens with zero attached hydrogens (tertiary/aromatic N) is 1. The first-order valence-corrected chi connectivity index (χ1v) is 8.47. The Morgan fingerprint density at radius 3 is 2.71 bits per heavy atom. The predicted molar refractivity (Wildman–Crippen MR) is 86.9 cm³/mol. The topological polar surface area (TPSA) is 15.3 Å². The molecule has 2 atom stereocenters. The molecular formula is C18H29FN2. The maximum Gasteiger partial charge on any atom is 0.123 e. The Hall–Kier alpha value is -0.930. The van der Waals surface area contributed by atoms with Crippen molar-refractivity contribution in [2.45, 2.75) is 58.0 Å². The summed E-state index contributed by atoms with van der Waals surface area (Å²) in [5.41, 5.74) is 1.21. The van der Waals surface area contributed by atoms with E-state index >= 15 is 0 Å². The SMILES string of the molecule is CCCNC(CCN1CCCC1CC)c1ccc(F)cc1. The Labute approximate surface area is 128 Å². The standard InChI is InChI=1S/C18H29FN2/c1-3-12-20-18(15-7-9-16(19)10-8-15)11-14-21-13-5-6-17(21)4-2/h7-10,17-18,20H,3-6,11-14H2,1-2H3. The highest BCUT2D eigenvalue weighted by Crippen LogP contribution is 2.23. The zero-order valence-corrected chi connectivity index (χ0v) is 13.4. The zero-order chi connectivity index (χ0) is 15.1. The second-order valence-corrected chi connectivity index (χ2v) is 6.09. The largest absolute Gasteiger partial charge is 0.310 e. The highest BCUT2D eigenvalue weighted by molar-refractivity contribution is 5.20. The molecule has 1 aromatic carbocycles. The highest BCUT2D eigenvalue weighted by atomic mass is 19.1. The summed E-state index contributed by atoms with van der Waals surface area (Å²) in [6.07, 6.45) is 6.16. The van der Waals surface area contributed by atoms with Gasteiger partial charge in [-0.2, -0.15) is 0 Å². The van der Waals surface area contributed by atoms with Crippen LogP contribution in [0.25, 0.3) is 0 Å². The van der Waals surface area contributed by atoms with Gasteiger partial charge in [0.1, 0.15) is 5.82 Å². The van der Waals surface area contributed by atoms with Gasteiger partial charge >= 0.3 is 0 Å². The molecule has 1 aliphatic rings. The van der Waals surface area contributed by atoms with Gasteiger partial charge in [0, 0.05) is 18.6 Å². The van der Waals surface area contributed by atoms with Crippen LogP contribution >= 0.6 is 0 Å². The van der Waals surface area contributed by atoms with Gasteiger partial charge in [-0.15, -0.1) is 0 Å². The lowest BCUT2D eigenvalue weighted by Crippen LogP contribution is -2.33. The summed E-state index contributed by atoms with van der Waals surface area (Å²) < 4.78 is 13.1. The molecule has 1 heterocycles. The van der Waals surface area contributed by atoms with Crippen LogP contribution in [0.3, 0.4) is 0 Å². The summed E-state index contributed by atoms with van der Waals surface area (Å²) in [7, 11) is 0. The van der Waals surface area contributed by atoms with Gasteiger partial charge in [0.15, 0.2) is 0 Å². The molecule has 0 amide bonds. The Bertz CT molecular complexity index is 404. The van der Waals surface area contributed by atoms with Crippen LogP contribution in [-0.2, 0) is 0 Å². The average Bonchev–Trinajstić information content (AvgIpc) is 2.96. The number of rotatable bonds is 8. The van der Waals surface area contributed by atoms with Crippen LogP contribution in [0.15, 0.2) is 24.3 Å². The number of hydrogen-bond acceptors (Lipinski definition) is 2. The van der Waals surface area contributed by atoms with Crippen molar-refractivity contribution in [1.82, 2.24) is 10.2 Å². The Balaban J connectivity index is 1.94. The van der Waals surface area contributed by atoms with Gasteiger partial charge in [0.05, 0.1) is 0 Å². The molecule has 21 heavy (non-hydrogen) atoms. The molecule has 0 aromatic heterocycles. The van der Waals surface area contributed by atoms with Gasteiger partial charge < -0.3 is 10.2 Å². The van der Waals surface area contributed by atoms with Crippen molar-refractivity contribution in [2.24, 2.45) is 0 Å². The molecule has 0 saturated carbocycles. The monoisotopic (exact) mass is 292 g/mol. The molecule has 2 unspecified atom stereocenters. The van der Waals surface area contributed by atoms with E-state index in [9.17, 15) is 4.39 Å². The van der Waals surface area contributed by atoms with E-state index in [2.05, 4.69) is 24.1 Å². The average molecular weight is 292 g/mol. The number of nitrogens with one attached hydrogen (secondary N) is 1. The second kappa shape index (κ2) is 8.50. The molecule has 1 aliphatic heterocycles. The van der Waals surface area contributed by atoms with E-state index in [1.54, 1.807) is 12.1 Å². The van der Waals surface area contributed by atoms with Gasteiger partial charge in [-0.1, -0.05) is 26.0 Å². The molecule has 3 heteroatoms. The third kappa shape index (κ3) is 4.79. The molecule has 2 nitrogen and oxygen atoms in total. The van der Waals surface area contributed by atoms with Crippen molar-refractivity contribution >= 4 is 0 Å². The highest BCUT2D eigenvalue weighted by Gasteiger charge is 2.23. The maximum atomic E-state index is 13.1. The smallest absolute Gasteiger partial charge is 0.123 e. The van der Waals surface area contributed by atoms with Gasteiger partial charge in [-0.25, -0.2) is 4.39 Å². The van der Waals surface area contributed by atoms with Gasteiger partial charge in [-0.3, -0.25) is 0 Å². The van der Waals surface area contributed by atoms with Crippen LogP contribution in [0.4, 0.5) is 4.39 Å². The fraction of sp³-hybridized carbons (Fsp3) is 0.667. The van der Waals surface area contributed by atoms with Gasteiger partial charge in [0.25, 0.3) is 0 Å². The van der Waals surface area contributed by atoms with E-state index < -0.39 is 0 Å². The normalized spacial score (nSPS) is 20.8. The van der Waals surface area contributed by atoms with Crippen molar-refractivity contribution in [2.75, 3.05) is 19.6 Å². The van der Waals surface area contributed by atoms with E-state index in [0.717, 1.165) is 32.0 Å². The molecular weight excluding hydrogens is 263 g/mol. The molecule has 1 aromatic rings. The van der Waals surface area contributed by atoms with Crippen LogP contribution < -0.4 is 5.32 Å². The van der Waals surface area contributed by atoms with Gasteiger partial charge in [-0.05, 0) is 62.9 Å². The molecule has 0 radical (unpaired) electrons. The van der Waals surface area contributed by atoms with Crippen LogP contribution in [0.2, 0.25) is 0 Å². The van der Waals surface area contributed by atoms with Crippen LogP contribution in [-0.4, -0.2) is 30.6 Å². The molecule has 0 spiro atoms. The number of likely N-dealkylation sites (tertiary alicyclic amines) is 1. The van der Waals surface area contributed by atoms with Crippen molar-refractivity contribution in [3.05, 3.63) is 35.6 Å². The molecule has 2 rings (SSSR count). The van der Waals surface area contributed by atoms with Crippen molar-refractivity contribution in [1.29, 1.82) is 0 Å². The first-order chi connectivity index (χ1) is 10.2. The van der Waals surface area contributed by atoms with Crippen molar-refractivity contribution in [3.8, 4) is 0 Å². The van der Waals surface area contributed by atoms with Crippen molar-refractivity contribution < 1.29 is 4.39 Å². The number of halogens is 1. The van der Waals surface area contributed by atoms with Crippen molar-refractivity contribution in [3.63, 3.8) is 0 Å². The third-order valence-corrected chi connectivity index (χ3v) is 4.59. The zero-order valence-electron chi connectivity index (χ0n) is 13.4. The van der Waals surface area contributed by atoms with E-state index in [0.29, 0.717) is 6.04 Å². The fourth-order valence-electron chi connectivity index (χ4n) is 3.35. The quantitative estimate of drug-likeness (QED) is 0.775. The summed E-state index contributed by atoms with van der Waals surface area (Å²) in [4.78, 5) is 2.63. The Morgan fingerprint density at radius 1 is 1.29 bits per heavy atom. The lowest BCUT2D eigenvalue weighted by molar-refractivity contribution is 0.234. The first-order valence-electron chi connectivity index (χ1n) is 8.47. The minimum absolute atomic E-state index is 0.154. The summed E-state index contributed by atoms with van der Waals surface area (Å²) in [5.74, 6) is -0.154. The minimum Gasteiger partial charge on any atom is -0.310 e. The van der Waals surface area contributed by atoms with Gasteiger partial charge in [0.2, 0.25) is 0 Å². The predicted octanol–water partition coefficient (Wildman–Crippen LogP) is 4.13. The lowest BCUT2D eigenvalue weighted by atomic mass is 10.0. The summed E-state index contributed by atoms with van der Waals surface area (Å²) >= 11 is 0. The summed E-state index contributed by atoms with van der Waals surface area (Å²) in [5, 5.41) is 3.61. The van der Waals surface area contributed by atoms with Crippen LogP contribution in [0.5, 0.6) is 0 Å².